The first-order chi connectivity index (χ1) is 30.9. The van der Waals surface area contributed by atoms with E-state index in [9.17, 15) is 29.2 Å². The molecule has 0 saturated carbocycles. The highest BCUT2D eigenvalue weighted by Gasteiger charge is 2.40. The number of aromatic nitrogens is 3. The first-order valence-electron chi connectivity index (χ1n) is 21.3. The van der Waals surface area contributed by atoms with Crippen LogP contribution in [-0.2, 0) is 22.6 Å². The van der Waals surface area contributed by atoms with E-state index in [1.165, 1.54) is 18.5 Å². The lowest BCUT2D eigenvalue weighted by Gasteiger charge is -2.38. The van der Waals surface area contributed by atoms with Gasteiger partial charge in [0.25, 0.3) is 17.7 Å². The first-order valence-corrected chi connectivity index (χ1v) is 21.7. The molecule has 6 heterocycles. The molecule has 1 atom stereocenters. The molecule has 5 amide bonds. The molecule has 64 heavy (non-hydrogen) atoms. The summed E-state index contributed by atoms with van der Waals surface area (Å²) in [6, 6.07) is 12.2. The number of pyridine rings is 1. The number of fused-ring (bicyclic) bond motifs is 2. The summed E-state index contributed by atoms with van der Waals surface area (Å²) in [7, 11) is 0. The van der Waals surface area contributed by atoms with E-state index >= 15 is 8.78 Å². The van der Waals surface area contributed by atoms with Gasteiger partial charge in [-0.15, -0.1) is 0 Å². The predicted molar refractivity (Wildman–Crippen MR) is 232 cm³/mol. The average molecular weight is 894 g/mol. The fourth-order valence-electron chi connectivity index (χ4n) is 9.03. The molecule has 3 N–H and O–H groups in total. The van der Waals surface area contributed by atoms with Crippen molar-refractivity contribution in [3.05, 3.63) is 99.1 Å². The van der Waals surface area contributed by atoms with Crippen LogP contribution < -0.4 is 25.8 Å². The number of imide groups is 2. The van der Waals surface area contributed by atoms with Crippen LogP contribution >= 0.6 is 11.6 Å². The second-order valence-corrected chi connectivity index (χ2v) is 17.0. The number of likely N-dealkylation sites (tertiary alicyclic amines) is 1. The quantitative estimate of drug-likeness (QED) is 0.0909. The maximum atomic E-state index is 15.5. The molecule has 16 nitrogen and oxygen atoms in total. The molecule has 19 heteroatoms. The standard InChI is InChI=1S/C45H46ClF2N11O5/c1-26(2-7-40(61)52-25-60)59-44(63)33-19-36(47)38(20-34(33)45(59)64)57-15-8-27(9-16-57)22-56-13-10-29(11-14-56)53-43(62)32-5-6-39(54-41(32)48)55-42-31-12-17-58(23-37(31)50-24-51-42)30-4-3-28(21-49)35(46)18-30/h3-6,18-20,24-27,29H,2,7-17,22-23H2,1H3,(H,53,62)(H,52,60,61)(H,50,51,54,55). The number of halogens is 3. The van der Waals surface area contributed by atoms with Gasteiger partial charge in [0.1, 0.15) is 29.8 Å². The summed E-state index contributed by atoms with van der Waals surface area (Å²) in [5.41, 5.74) is 3.20. The third-order valence-electron chi connectivity index (χ3n) is 12.6. The molecule has 1 unspecified atom stereocenters. The van der Waals surface area contributed by atoms with Gasteiger partial charge in [-0.25, -0.2) is 19.3 Å². The van der Waals surface area contributed by atoms with Crippen LogP contribution in [0.2, 0.25) is 5.02 Å². The van der Waals surface area contributed by atoms with Crippen molar-refractivity contribution in [2.75, 3.05) is 54.4 Å². The summed E-state index contributed by atoms with van der Waals surface area (Å²) < 4.78 is 30.8. The molecule has 8 rings (SSSR count). The summed E-state index contributed by atoms with van der Waals surface area (Å²) in [5, 5.41) is 17.7. The Labute approximate surface area is 373 Å². The molecule has 332 valence electrons. The minimum atomic E-state index is -0.898. The molecule has 2 saturated heterocycles. The first kappa shape index (κ1) is 44.0. The number of carbonyl (C=O) groups excluding carboxylic acids is 5. The fraction of sp³-hybridized carbons (Fsp3) is 0.400. The maximum Gasteiger partial charge on any atom is 0.261 e. The lowest BCUT2D eigenvalue weighted by molar-refractivity contribution is -0.125. The number of amides is 5. The average Bonchev–Trinajstić information content (AvgIpc) is 3.53. The van der Waals surface area contributed by atoms with Crippen LogP contribution in [0.15, 0.2) is 48.8 Å². The molecule has 0 radical (unpaired) electrons. The summed E-state index contributed by atoms with van der Waals surface area (Å²) in [5.74, 6) is -2.60. The van der Waals surface area contributed by atoms with Crippen molar-refractivity contribution in [1.29, 1.82) is 5.26 Å². The molecule has 2 fully saturated rings. The molecule has 4 aliphatic rings. The second-order valence-electron chi connectivity index (χ2n) is 16.6. The summed E-state index contributed by atoms with van der Waals surface area (Å²) in [6.07, 6.45) is 5.41. The Morgan fingerprint density at radius 2 is 1.72 bits per heavy atom. The van der Waals surface area contributed by atoms with E-state index in [0.29, 0.717) is 67.8 Å². The summed E-state index contributed by atoms with van der Waals surface area (Å²) >= 11 is 6.27. The SMILES string of the molecule is CC(CCC(=O)NC=O)N1C(=O)c2cc(F)c(N3CCC(CN4CCC(NC(=O)c5ccc(Nc6ncnc7c6CCN(c6ccc(C#N)c(Cl)c6)C7)nc5F)CC4)CC3)cc2C1=O. The highest BCUT2D eigenvalue weighted by atomic mass is 35.5. The smallest absolute Gasteiger partial charge is 0.261 e. The fourth-order valence-corrected chi connectivity index (χ4v) is 9.25. The van der Waals surface area contributed by atoms with Crippen molar-refractivity contribution >= 4 is 64.7 Å². The molecule has 0 aliphatic carbocycles. The van der Waals surface area contributed by atoms with Gasteiger partial charge in [0.05, 0.1) is 45.2 Å². The number of carbonyl (C=O) groups is 5. The van der Waals surface area contributed by atoms with Gasteiger partial charge >= 0.3 is 0 Å². The minimum Gasteiger partial charge on any atom is -0.369 e. The zero-order valence-corrected chi connectivity index (χ0v) is 35.8. The highest BCUT2D eigenvalue weighted by Crippen LogP contribution is 2.35. The van der Waals surface area contributed by atoms with Crippen LogP contribution in [0.3, 0.4) is 0 Å². The molecule has 4 aliphatic heterocycles. The van der Waals surface area contributed by atoms with Gasteiger partial charge in [0, 0.05) is 69.0 Å². The number of nitriles is 1. The van der Waals surface area contributed by atoms with E-state index < -0.39 is 41.4 Å². The number of rotatable bonds is 13. The second kappa shape index (κ2) is 19.0. The third kappa shape index (κ3) is 9.36. The van der Waals surface area contributed by atoms with Gasteiger partial charge in [-0.2, -0.15) is 9.65 Å². The third-order valence-corrected chi connectivity index (χ3v) is 12.9. The van der Waals surface area contributed by atoms with Crippen LogP contribution in [0.5, 0.6) is 0 Å². The molecule has 0 spiro atoms. The molecule has 2 aromatic carbocycles. The Morgan fingerprint density at radius 1 is 0.969 bits per heavy atom. The zero-order valence-electron chi connectivity index (χ0n) is 35.1. The number of hydrogen-bond donors (Lipinski definition) is 3. The van der Waals surface area contributed by atoms with Crippen molar-refractivity contribution in [3.63, 3.8) is 0 Å². The Morgan fingerprint density at radius 3 is 2.42 bits per heavy atom. The predicted octanol–water partition coefficient (Wildman–Crippen LogP) is 5.13. The van der Waals surface area contributed by atoms with E-state index in [2.05, 4.69) is 41.5 Å². The van der Waals surface area contributed by atoms with E-state index in [4.69, 9.17) is 11.6 Å². The normalized spacial score (nSPS) is 17.4. The molecule has 2 aromatic heterocycles. The van der Waals surface area contributed by atoms with E-state index in [0.717, 1.165) is 60.4 Å². The topological polar surface area (TPSA) is 197 Å². The Bertz CT molecular complexity index is 2540. The lowest BCUT2D eigenvalue weighted by atomic mass is 9.94. The summed E-state index contributed by atoms with van der Waals surface area (Å²) in [6.45, 7) is 6.27. The molecule has 4 aromatic rings. The van der Waals surface area contributed by atoms with Gasteiger partial charge in [-0.3, -0.25) is 34.2 Å². The lowest BCUT2D eigenvalue weighted by Crippen LogP contribution is -2.47. The highest BCUT2D eigenvalue weighted by molar-refractivity contribution is 6.32. The van der Waals surface area contributed by atoms with Crippen molar-refractivity contribution < 1.29 is 32.8 Å². The van der Waals surface area contributed by atoms with Crippen LogP contribution in [-0.4, -0.2) is 106 Å². The minimum absolute atomic E-state index is 0.00184. The zero-order chi connectivity index (χ0) is 45.1. The van der Waals surface area contributed by atoms with Crippen LogP contribution in [0.25, 0.3) is 0 Å². The van der Waals surface area contributed by atoms with E-state index in [-0.39, 0.29) is 53.5 Å². The number of benzene rings is 2. The van der Waals surface area contributed by atoms with Crippen molar-refractivity contribution in [2.24, 2.45) is 5.92 Å². The number of hydrogen-bond acceptors (Lipinski definition) is 13. The number of anilines is 4. The number of nitrogens with zero attached hydrogens (tertiary/aromatic N) is 8. The van der Waals surface area contributed by atoms with Crippen molar-refractivity contribution in [1.82, 2.24) is 35.4 Å². The van der Waals surface area contributed by atoms with Gasteiger partial charge in [0.2, 0.25) is 18.3 Å². The van der Waals surface area contributed by atoms with Crippen LogP contribution in [0.1, 0.15) is 93.3 Å². The molecular formula is C45H46ClF2N11O5. The summed E-state index contributed by atoms with van der Waals surface area (Å²) in [4.78, 5) is 82.2. The molecule has 0 bridgehead atoms. The van der Waals surface area contributed by atoms with Crippen LogP contribution in [0.4, 0.5) is 31.8 Å². The van der Waals surface area contributed by atoms with Crippen molar-refractivity contribution in [3.8, 4) is 6.07 Å². The Hall–Kier alpha value is -6.58. The van der Waals surface area contributed by atoms with Gasteiger partial charge in [-0.05, 0) is 93.8 Å². The Kier molecular flexibility index (Phi) is 13.1. The van der Waals surface area contributed by atoms with E-state index in [1.807, 2.05) is 16.3 Å². The van der Waals surface area contributed by atoms with Crippen molar-refractivity contribution in [2.45, 2.75) is 70.5 Å². The van der Waals surface area contributed by atoms with E-state index in [1.54, 1.807) is 25.1 Å². The van der Waals surface area contributed by atoms with Crippen LogP contribution in [0, 0.1) is 29.0 Å². The number of nitrogens with one attached hydrogen (secondary N) is 3. The number of piperidine rings is 2. The Balaban J connectivity index is 0.788. The van der Waals surface area contributed by atoms with Gasteiger partial charge < -0.3 is 25.3 Å². The van der Waals surface area contributed by atoms with Gasteiger partial charge in [-0.1, -0.05) is 11.6 Å². The molecular weight excluding hydrogens is 848 g/mol. The maximum absolute atomic E-state index is 15.5. The largest absolute Gasteiger partial charge is 0.369 e. The van der Waals surface area contributed by atoms with Gasteiger partial charge in [0.15, 0.2) is 0 Å². The monoisotopic (exact) mass is 893 g/mol.